The Labute approximate surface area is 120 Å². The van der Waals surface area contributed by atoms with Crippen LogP contribution in [0.1, 0.15) is 18.9 Å². The summed E-state index contributed by atoms with van der Waals surface area (Å²) in [6.45, 7) is 2.04. The van der Waals surface area contributed by atoms with Crippen molar-refractivity contribution in [2.24, 2.45) is 0 Å². The number of halogens is 3. The normalized spacial score (nSPS) is 17.3. The number of likely N-dealkylation sites (tertiary alicyclic amines) is 1. The lowest BCUT2D eigenvalue weighted by molar-refractivity contribution is -0.133. The number of carbonyl (C=O) groups is 1. The highest BCUT2D eigenvalue weighted by atomic mass is 19.4. The smallest absolute Gasteiger partial charge is 0.386 e. The number of aryl methyl sites for hydroxylation is 1. The summed E-state index contributed by atoms with van der Waals surface area (Å²) in [7, 11) is 0. The van der Waals surface area contributed by atoms with Crippen molar-refractivity contribution in [2.75, 3.05) is 18.4 Å². The second-order valence-corrected chi connectivity index (χ2v) is 5.56. The summed E-state index contributed by atoms with van der Waals surface area (Å²) in [5.41, 5.74) is -0.0681. The van der Waals surface area contributed by atoms with E-state index in [0.717, 1.165) is 0 Å². The first-order chi connectivity index (χ1) is 9.66. The Kier molecular flexibility index (Phi) is 4.13. The molecule has 0 saturated carbocycles. The summed E-state index contributed by atoms with van der Waals surface area (Å²) in [4.78, 5) is 13.3. The number of anilines is 1. The molecule has 1 aromatic carbocycles. The Balaban J connectivity index is 1.98. The van der Waals surface area contributed by atoms with Crippen molar-refractivity contribution >= 4 is 11.7 Å². The van der Waals surface area contributed by atoms with Crippen molar-refractivity contribution in [3.8, 4) is 0 Å². The number of nitrogens with one attached hydrogen (secondary N) is 1. The van der Waals surface area contributed by atoms with E-state index in [1.54, 1.807) is 31.2 Å². The maximum atomic E-state index is 12.3. The van der Waals surface area contributed by atoms with Gasteiger partial charge in [-0.1, -0.05) is 18.2 Å². The van der Waals surface area contributed by atoms with Crippen LogP contribution in [0.2, 0.25) is 0 Å². The topological polar surface area (TPSA) is 52.6 Å². The van der Waals surface area contributed by atoms with Gasteiger partial charge in [-0.3, -0.25) is 0 Å². The van der Waals surface area contributed by atoms with Gasteiger partial charge in [-0.05, 0) is 25.0 Å². The third kappa shape index (κ3) is 4.35. The molecule has 1 fully saturated rings. The fourth-order valence-electron chi connectivity index (χ4n) is 2.25. The average molecular weight is 302 g/mol. The molecule has 1 aliphatic rings. The minimum atomic E-state index is -4.23. The monoisotopic (exact) mass is 302 g/mol. The summed E-state index contributed by atoms with van der Waals surface area (Å²) in [6.07, 6.45) is -5.34. The number of alkyl halides is 3. The van der Waals surface area contributed by atoms with Gasteiger partial charge in [0.1, 0.15) is 0 Å². The molecule has 0 spiro atoms. The lowest BCUT2D eigenvalue weighted by Gasteiger charge is -2.43. The number of rotatable bonds is 3. The number of carbonyl (C=O) groups excluding carboxylic acids is 1. The number of urea groups is 1. The molecule has 0 unspecified atom stereocenters. The molecule has 21 heavy (non-hydrogen) atoms. The summed E-state index contributed by atoms with van der Waals surface area (Å²) in [6, 6.07) is 6.00. The van der Waals surface area contributed by atoms with Crippen LogP contribution in [0, 0.1) is 0 Å². The van der Waals surface area contributed by atoms with Crippen LogP contribution >= 0.6 is 0 Å². The van der Waals surface area contributed by atoms with Gasteiger partial charge >= 0.3 is 12.2 Å². The summed E-state index contributed by atoms with van der Waals surface area (Å²) >= 11 is 0. The molecule has 0 aliphatic carbocycles. The Hall–Kier alpha value is -1.76. The van der Waals surface area contributed by atoms with E-state index >= 15 is 0 Å². The Morgan fingerprint density at radius 1 is 1.38 bits per heavy atom. The van der Waals surface area contributed by atoms with Gasteiger partial charge in [0.2, 0.25) is 0 Å². The van der Waals surface area contributed by atoms with Crippen molar-refractivity contribution in [2.45, 2.75) is 31.5 Å². The number of hydrogen-bond donors (Lipinski definition) is 2. The summed E-state index contributed by atoms with van der Waals surface area (Å²) in [5.74, 6) is 0. The van der Waals surface area contributed by atoms with E-state index in [1.165, 1.54) is 4.90 Å². The van der Waals surface area contributed by atoms with Gasteiger partial charge in [0, 0.05) is 12.1 Å². The fraction of sp³-hybridized carbons (Fsp3) is 0.500. The Morgan fingerprint density at radius 2 is 2.00 bits per heavy atom. The Bertz CT molecular complexity index is 521. The second kappa shape index (κ2) is 5.55. The van der Waals surface area contributed by atoms with Crippen LogP contribution in [0.4, 0.5) is 23.7 Å². The highest BCUT2D eigenvalue weighted by Crippen LogP contribution is 2.26. The quantitative estimate of drug-likeness (QED) is 0.902. The predicted molar refractivity (Wildman–Crippen MR) is 72.0 cm³/mol. The minimum Gasteiger partial charge on any atom is -0.386 e. The van der Waals surface area contributed by atoms with Crippen LogP contribution in [0.3, 0.4) is 0 Å². The average Bonchev–Trinajstić information content (AvgIpc) is 2.33. The lowest BCUT2D eigenvalue weighted by atomic mass is 9.98. The van der Waals surface area contributed by atoms with E-state index in [-0.39, 0.29) is 19.5 Å². The predicted octanol–water partition coefficient (Wildman–Crippen LogP) is 2.78. The van der Waals surface area contributed by atoms with Crippen LogP contribution in [0.5, 0.6) is 0 Å². The van der Waals surface area contributed by atoms with Crippen LogP contribution in [0.15, 0.2) is 24.3 Å². The molecule has 1 aliphatic heterocycles. The Morgan fingerprint density at radius 3 is 2.57 bits per heavy atom. The molecule has 116 valence electrons. The lowest BCUT2D eigenvalue weighted by Crippen LogP contribution is -2.62. The van der Waals surface area contributed by atoms with Gasteiger partial charge < -0.3 is 15.3 Å². The van der Waals surface area contributed by atoms with Gasteiger partial charge in [0.15, 0.2) is 0 Å². The number of benzene rings is 1. The molecule has 0 bridgehead atoms. The van der Waals surface area contributed by atoms with Crippen LogP contribution in [0.25, 0.3) is 0 Å². The van der Waals surface area contributed by atoms with Crippen LogP contribution in [-0.2, 0) is 6.42 Å². The third-order valence-electron chi connectivity index (χ3n) is 3.29. The van der Waals surface area contributed by atoms with E-state index in [0.29, 0.717) is 11.3 Å². The molecule has 7 heteroatoms. The first-order valence-corrected chi connectivity index (χ1v) is 6.59. The number of β-amino-alcohol motifs (C(OH)–C–C–N with tert-alkyl or cyclic N) is 1. The molecular formula is C14H17F3N2O2. The molecule has 0 atom stereocenters. The van der Waals surface area contributed by atoms with Gasteiger partial charge in [0.25, 0.3) is 0 Å². The first kappa shape index (κ1) is 15.6. The molecule has 1 heterocycles. The molecule has 1 saturated heterocycles. The molecule has 2 amide bonds. The number of hydrogen-bond acceptors (Lipinski definition) is 2. The van der Waals surface area contributed by atoms with Gasteiger partial charge in [-0.15, -0.1) is 0 Å². The second-order valence-electron chi connectivity index (χ2n) is 5.56. The third-order valence-corrected chi connectivity index (χ3v) is 3.29. The zero-order chi connectivity index (χ0) is 15.7. The van der Waals surface area contributed by atoms with Crippen molar-refractivity contribution in [1.82, 2.24) is 4.90 Å². The fourth-order valence-corrected chi connectivity index (χ4v) is 2.25. The maximum absolute atomic E-state index is 12.3. The molecule has 2 rings (SSSR count). The first-order valence-electron chi connectivity index (χ1n) is 6.59. The highest BCUT2D eigenvalue weighted by Gasteiger charge is 2.39. The SMILES string of the molecule is CC1(O)CN(C(=O)Nc2ccccc2CCC(F)(F)F)C1. The molecule has 4 nitrogen and oxygen atoms in total. The number of nitrogens with zero attached hydrogens (tertiary/aromatic N) is 1. The maximum Gasteiger partial charge on any atom is 0.389 e. The van der Waals surface area contributed by atoms with E-state index in [1.807, 2.05) is 0 Å². The zero-order valence-electron chi connectivity index (χ0n) is 11.6. The summed E-state index contributed by atoms with van der Waals surface area (Å²) in [5, 5.41) is 12.2. The largest absolute Gasteiger partial charge is 0.389 e. The number of amides is 2. The molecule has 0 radical (unpaired) electrons. The van der Waals surface area contributed by atoms with Crippen molar-refractivity contribution < 1.29 is 23.1 Å². The molecular weight excluding hydrogens is 285 g/mol. The van der Waals surface area contributed by atoms with Crippen LogP contribution < -0.4 is 5.32 Å². The number of para-hydroxylation sites is 1. The minimum absolute atomic E-state index is 0.183. The van der Waals surface area contributed by atoms with Crippen molar-refractivity contribution in [3.05, 3.63) is 29.8 Å². The van der Waals surface area contributed by atoms with Crippen LogP contribution in [-0.4, -0.2) is 40.9 Å². The molecule has 0 aromatic heterocycles. The molecule has 2 N–H and O–H groups in total. The van der Waals surface area contributed by atoms with Gasteiger partial charge in [-0.25, -0.2) is 4.79 Å². The van der Waals surface area contributed by atoms with E-state index in [9.17, 15) is 23.1 Å². The molecule has 1 aromatic rings. The van der Waals surface area contributed by atoms with E-state index in [2.05, 4.69) is 5.32 Å². The van der Waals surface area contributed by atoms with Gasteiger partial charge in [0.05, 0.1) is 18.7 Å². The highest BCUT2D eigenvalue weighted by molar-refractivity contribution is 5.90. The zero-order valence-corrected chi connectivity index (χ0v) is 11.6. The summed E-state index contributed by atoms with van der Waals surface area (Å²) < 4.78 is 36.9. The number of aliphatic hydroxyl groups is 1. The van der Waals surface area contributed by atoms with E-state index in [4.69, 9.17) is 0 Å². The van der Waals surface area contributed by atoms with Gasteiger partial charge in [-0.2, -0.15) is 13.2 Å². The van der Waals surface area contributed by atoms with Crippen molar-refractivity contribution in [1.29, 1.82) is 0 Å². The van der Waals surface area contributed by atoms with Crippen molar-refractivity contribution in [3.63, 3.8) is 0 Å². The standard InChI is InChI=1S/C14H17F3N2O2/c1-13(21)8-19(9-13)12(20)18-11-5-3-2-4-10(11)6-7-14(15,16)17/h2-5,21H,6-9H2,1H3,(H,18,20). The van der Waals surface area contributed by atoms with E-state index < -0.39 is 24.2 Å².